The van der Waals surface area contributed by atoms with E-state index in [4.69, 9.17) is 0 Å². The molecule has 3 rings (SSSR count). The van der Waals surface area contributed by atoms with Crippen molar-refractivity contribution < 1.29 is 19.5 Å². The number of rotatable bonds is 10. The van der Waals surface area contributed by atoms with Gasteiger partial charge in [-0.2, -0.15) is 0 Å². The van der Waals surface area contributed by atoms with Crippen molar-refractivity contribution in [3.05, 3.63) is 70.8 Å². The molecule has 2 aromatic rings. The van der Waals surface area contributed by atoms with Crippen molar-refractivity contribution in [1.29, 1.82) is 0 Å². The Kier molecular flexibility index (Phi) is 13.0. The highest BCUT2D eigenvalue weighted by Gasteiger charge is 2.32. The molecule has 1 unspecified atom stereocenters. The van der Waals surface area contributed by atoms with Gasteiger partial charge in [0.15, 0.2) is 17.6 Å². The fourth-order valence-corrected chi connectivity index (χ4v) is 5.05. The summed E-state index contributed by atoms with van der Waals surface area (Å²) in [6.07, 6.45) is 12.2. The molecule has 1 atom stereocenters. The van der Waals surface area contributed by atoms with Crippen LogP contribution in [-0.2, 0) is 16.0 Å². The van der Waals surface area contributed by atoms with Gasteiger partial charge in [0.05, 0.1) is 0 Å². The van der Waals surface area contributed by atoms with E-state index in [0.29, 0.717) is 5.56 Å². The zero-order valence-electron chi connectivity index (χ0n) is 22.2. The Bertz CT molecular complexity index is 1080. The van der Waals surface area contributed by atoms with Gasteiger partial charge in [0, 0.05) is 30.2 Å². The number of carbonyl (C=O) groups is 3. The van der Waals surface area contributed by atoms with Crippen molar-refractivity contribution in [2.45, 2.75) is 84.6 Å². The number of amides is 1. The Morgan fingerprint density at radius 1 is 0.895 bits per heavy atom. The van der Waals surface area contributed by atoms with E-state index in [1.807, 2.05) is 0 Å². The zero-order chi connectivity index (χ0) is 26.6. The van der Waals surface area contributed by atoms with Gasteiger partial charge in [0.2, 0.25) is 0 Å². The molecule has 1 amide bonds. The summed E-state index contributed by atoms with van der Waals surface area (Å²) < 4.78 is 0. The summed E-state index contributed by atoms with van der Waals surface area (Å²) in [5.74, 6) is 5.68. The average Bonchev–Trinajstić information content (AvgIpc) is 3.21. The Morgan fingerprint density at radius 3 is 1.97 bits per heavy atom. The van der Waals surface area contributed by atoms with Crippen LogP contribution in [0.3, 0.4) is 0 Å². The molecule has 0 bridgehead atoms. The SMILES string of the molecule is C.CCC(=O)C(C(=O)CO)N(C)C(=O)c1ccc(C#Cc2ccc(CCCC3CCCCCC3)cc2)cc1. The maximum Gasteiger partial charge on any atom is 0.254 e. The number of ketones is 2. The number of Topliss-reactive ketones (excluding diaryl/α,β-unsaturated/α-hetero) is 2. The van der Waals surface area contributed by atoms with Crippen LogP contribution in [0.4, 0.5) is 0 Å². The molecule has 0 aliphatic heterocycles. The van der Waals surface area contributed by atoms with Crippen LogP contribution in [0, 0.1) is 17.8 Å². The Balaban J connectivity index is 0.00000507. The van der Waals surface area contributed by atoms with E-state index in [0.717, 1.165) is 28.4 Å². The van der Waals surface area contributed by atoms with Crippen LogP contribution in [0.2, 0.25) is 0 Å². The molecule has 38 heavy (non-hydrogen) atoms. The summed E-state index contributed by atoms with van der Waals surface area (Å²) in [5.41, 5.74) is 3.40. The molecule has 0 saturated heterocycles. The number of likely N-dealkylation sites (N-methyl/N-ethyl adjacent to an activating group) is 1. The minimum atomic E-state index is -1.28. The van der Waals surface area contributed by atoms with Gasteiger partial charge < -0.3 is 10.0 Å². The number of hydrogen-bond donors (Lipinski definition) is 1. The average molecular weight is 518 g/mol. The molecule has 1 N–H and O–H groups in total. The van der Waals surface area contributed by atoms with Crippen molar-refractivity contribution in [1.82, 2.24) is 4.90 Å². The van der Waals surface area contributed by atoms with E-state index in [2.05, 4.69) is 36.1 Å². The smallest absolute Gasteiger partial charge is 0.254 e. The lowest BCUT2D eigenvalue weighted by atomic mass is 9.93. The lowest BCUT2D eigenvalue weighted by Crippen LogP contribution is -2.48. The summed E-state index contributed by atoms with van der Waals surface area (Å²) in [7, 11) is 1.41. The molecule has 0 radical (unpaired) electrons. The van der Waals surface area contributed by atoms with Gasteiger partial charge in [-0.1, -0.05) is 83.3 Å². The summed E-state index contributed by atoms with van der Waals surface area (Å²) in [4.78, 5) is 38.1. The Hall–Kier alpha value is -3.23. The quantitative estimate of drug-likeness (QED) is 0.238. The highest BCUT2D eigenvalue weighted by atomic mass is 16.3. The number of aryl methyl sites for hydroxylation is 1. The standard InChI is InChI=1S/C32H39NO4.CH4/c1-3-29(35)31(30(36)23-34)33(2)32(37)28-21-19-27(20-22-28)18-17-26-15-13-25(14-16-26)12-8-11-24-9-6-4-5-7-10-24;/h13-16,19-22,24,31,34H,3-12,23H2,1-2H3;1H4. The molecule has 204 valence electrons. The highest BCUT2D eigenvalue weighted by Crippen LogP contribution is 2.27. The lowest BCUT2D eigenvalue weighted by molar-refractivity contribution is -0.134. The van der Waals surface area contributed by atoms with Crippen molar-refractivity contribution in [3.8, 4) is 11.8 Å². The van der Waals surface area contributed by atoms with Crippen LogP contribution in [-0.4, -0.2) is 47.2 Å². The van der Waals surface area contributed by atoms with Crippen LogP contribution in [0.25, 0.3) is 0 Å². The molecule has 1 aliphatic rings. The van der Waals surface area contributed by atoms with E-state index in [9.17, 15) is 19.5 Å². The number of aliphatic hydroxyl groups is 1. The Labute approximate surface area is 228 Å². The van der Waals surface area contributed by atoms with E-state index < -0.39 is 30.1 Å². The normalized spacial score (nSPS) is 14.3. The Morgan fingerprint density at radius 2 is 1.45 bits per heavy atom. The maximum absolute atomic E-state index is 12.8. The van der Waals surface area contributed by atoms with Gasteiger partial charge >= 0.3 is 0 Å². The van der Waals surface area contributed by atoms with E-state index in [1.165, 1.54) is 64.0 Å². The highest BCUT2D eigenvalue weighted by molar-refractivity contribution is 6.10. The molecular formula is C33H43NO4. The van der Waals surface area contributed by atoms with E-state index in [1.54, 1.807) is 31.2 Å². The molecule has 2 aromatic carbocycles. The molecule has 1 fully saturated rings. The second-order valence-corrected chi connectivity index (χ2v) is 10.0. The summed E-state index contributed by atoms with van der Waals surface area (Å²) in [5, 5.41) is 9.20. The van der Waals surface area contributed by atoms with Gasteiger partial charge in [-0.25, -0.2) is 0 Å². The van der Waals surface area contributed by atoms with Gasteiger partial charge in [-0.3, -0.25) is 14.4 Å². The first-order chi connectivity index (χ1) is 17.9. The lowest BCUT2D eigenvalue weighted by Gasteiger charge is -2.25. The number of carbonyl (C=O) groups excluding carboxylic acids is 3. The summed E-state index contributed by atoms with van der Waals surface area (Å²) in [6, 6.07) is 13.9. The molecule has 1 aliphatic carbocycles. The van der Waals surface area contributed by atoms with E-state index >= 15 is 0 Å². The topological polar surface area (TPSA) is 74.7 Å². The van der Waals surface area contributed by atoms with Crippen molar-refractivity contribution in [2.75, 3.05) is 13.7 Å². The van der Waals surface area contributed by atoms with Crippen LogP contribution in [0.1, 0.15) is 99.2 Å². The van der Waals surface area contributed by atoms with Crippen LogP contribution in [0.15, 0.2) is 48.5 Å². The molecule has 5 heteroatoms. The zero-order valence-corrected chi connectivity index (χ0v) is 22.2. The third-order valence-corrected chi connectivity index (χ3v) is 7.31. The molecular weight excluding hydrogens is 474 g/mol. The number of benzene rings is 2. The fourth-order valence-electron chi connectivity index (χ4n) is 5.05. The van der Waals surface area contributed by atoms with Crippen molar-refractivity contribution >= 4 is 17.5 Å². The number of hydrogen-bond acceptors (Lipinski definition) is 4. The van der Waals surface area contributed by atoms with Crippen molar-refractivity contribution in [3.63, 3.8) is 0 Å². The van der Waals surface area contributed by atoms with E-state index in [-0.39, 0.29) is 13.8 Å². The van der Waals surface area contributed by atoms with Crippen LogP contribution >= 0.6 is 0 Å². The van der Waals surface area contributed by atoms with Crippen molar-refractivity contribution in [2.24, 2.45) is 5.92 Å². The largest absolute Gasteiger partial charge is 0.388 e. The first-order valence-corrected chi connectivity index (χ1v) is 13.6. The van der Waals surface area contributed by atoms with Gasteiger partial charge in [-0.05, 0) is 60.7 Å². The summed E-state index contributed by atoms with van der Waals surface area (Å²) in [6.45, 7) is 0.836. The summed E-state index contributed by atoms with van der Waals surface area (Å²) >= 11 is 0. The maximum atomic E-state index is 12.8. The molecule has 0 spiro atoms. The predicted octanol–water partition coefficient (Wildman–Crippen LogP) is 6.00. The second-order valence-electron chi connectivity index (χ2n) is 10.0. The number of aliphatic hydroxyl groups excluding tert-OH is 1. The molecule has 1 saturated carbocycles. The third-order valence-electron chi connectivity index (χ3n) is 7.31. The minimum absolute atomic E-state index is 0. The molecule has 5 nitrogen and oxygen atoms in total. The third kappa shape index (κ3) is 8.96. The molecule has 0 heterocycles. The first-order valence-electron chi connectivity index (χ1n) is 13.6. The van der Waals surface area contributed by atoms with Gasteiger partial charge in [0.1, 0.15) is 6.61 Å². The monoisotopic (exact) mass is 517 g/mol. The van der Waals surface area contributed by atoms with Crippen LogP contribution < -0.4 is 0 Å². The number of nitrogens with zero attached hydrogens (tertiary/aromatic N) is 1. The minimum Gasteiger partial charge on any atom is -0.388 e. The first kappa shape index (κ1) is 31.0. The van der Waals surface area contributed by atoms with Gasteiger partial charge in [-0.15, -0.1) is 0 Å². The molecule has 0 aromatic heterocycles. The second kappa shape index (κ2) is 15.9. The predicted molar refractivity (Wildman–Crippen MR) is 153 cm³/mol. The van der Waals surface area contributed by atoms with Gasteiger partial charge in [0.25, 0.3) is 5.91 Å². The fraction of sp³-hybridized carbons (Fsp3) is 0.485. The van der Waals surface area contributed by atoms with Crippen LogP contribution in [0.5, 0.6) is 0 Å².